The molecule has 1 aliphatic rings. The Labute approximate surface area is 108 Å². The van der Waals surface area contributed by atoms with Crippen LogP contribution in [0.1, 0.15) is 19.3 Å². The van der Waals surface area contributed by atoms with Crippen LogP contribution in [0.3, 0.4) is 0 Å². The van der Waals surface area contributed by atoms with Crippen LogP contribution in [0.2, 0.25) is 0 Å². The van der Waals surface area contributed by atoms with Crippen LogP contribution in [-0.2, 0) is 4.79 Å². The van der Waals surface area contributed by atoms with Crippen molar-refractivity contribution in [2.45, 2.75) is 25.3 Å². The van der Waals surface area contributed by atoms with Gasteiger partial charge < -0.3 is 15.5 Å². The minimum atomic E-state index is -0.0750. The average Bonchev–Trinajstić information content (AvgIpc) is 2.40. The molecule has 5 heteroatoms. The van der Waals surface area contributed by atoms with Crippen molar-refractivity contribution in [3.05, 3.63) is 18.3 Å². The minimum absolute atomic E-state index is 0.0331. The van der Waals surface area contributed by atoms with Crippen LogP contribution in [0.4, 0.5) is 11.5 Å². The molecule has 2 heterocycles. The molecular weight excluding hydrogens is 228 g/mol. The number of pyridine rings is 1. The van der Waals surface area contributed by atoms with Gasteiger partial charge in [0, 0.05) is 20.3 Å². The fourth-order valence-electron chi connectivity index (χ4n) is 2.15. The number of hydrogen-bond acceptors (Lipinski definition) is 4. The third kappa shape index (κ3) is 2.98. The highest BCUT2D eigenvalue weighted by molar-refractivity contribution is 5.97. The molecule has 1 aliphatic heterocycles. The molecule has 1 aromatic rings. The zero-order valence-electron chi connectivity index (χ0n) is 10.9. The SMILES string of the molecule is CN(C)c1ncccc1NC(=O)[C@@H]1CCCCN1. The number of aromatic nitrogens is 1. The van der Waals surface area contributed by atoms with E-state index in [0.717, 1.165) is 37.3 Å². The molecule has 2 N–H and O–H groups in total. The largest absolute Gasteiger partial charge is 0.361 e. The van der Waals surface area contributed by atoms with Gasteiger partial charge in [-0.2, -0.15) is 0 Å². The Hall–Kier alpha value is -1.62. The van der Waals surface area contributed by atoms with E-state index in [9.17, 15) is 4.79 Å². The van der Waals surface area contributed by atoms with E-state index in [0.29, 0.717) is 0 Å². The smallest absolute Gasteiger partial charge is 0.241 e. The number of nitrogens with one attached hydrogen (secondary N) is 2. The third-order valence-corrected chi connectivity index (χ3v) is 3.09. The van der Waals surface area contributed by atoms with Crippen LogP contribution in [0.15, 0.2) is 18.3 Å². The summed E-state index contributed by atoms with van der Waals surface area (Å²) in [7, 11) is 3.83. The Bertz CT molecular complexity index is 413. The maximum atomic E-state index is 12.1. The summed E-state index contributed by atoms with van der Waals surface area (Å²) in [5.41, 5.74) is 0.764. The summed E-state index contributed by atoms with van der Waals surface area (Å²) in [5.74, 6) is 0.812. The van der Waals surface area contributed by atoms with E-state index in [1.54, 1.807) is 6.20 Å². The van der Waals surface area contributed by atoms with Crippen molar-refractivity contribution in [1.29, 1.82) is 0 Å². The zero-order valence-corrected chi connectivity index (χ0v) is 10.9. The Kier molecular flexibility index (Phi) is 4.15. The first-order valence-corrected chi connectivity index (χ1v) is 6.35. The second-order valence-electron chi connectivity index (χ2n) is 4.76. The lowest BCUT2D eigenvalue weighted by Gasteiger charge is -2.23. The van der Waals surface area contributed by atoms with Crippen LogP contribution in [-0.4, -0.2) is 37.6 Å². The number of anilines is 2. The molecule has 5 nitrogen and oxygen atoms in total. The van der Waals surface area contributed by atoms with Gasteiger partial charge in [0.15, 0.2) is 5.82 Å². The maximum Gasteiger partial charge on any atom is 0.241 e. The number of amides is 1. The molecular formula is C13H20N4O. The van der Waals surface area contributed by atoms with E-state index in [2.05, 4.69) is 15.6 Å². The molecule has 0 saturated carbocycles. The molecule has 98 valence electrons. The van der Waals surface area contributed by atoms with Crippen molar-refractivity contribution in [3.63, 3.8) is 0 Å². The van der Waals surface area contributed by atoms with Crippen molar-refractivity contribution >= 4 is 17.4 Å². The highest BCUT2D eigenvalue weighted by Gasteiger charge is 2.21. The monoisotopic (exact) mass is 248 g/mol. The van der Waals surface area contributed by atoms with Crippen LogP contribution in [0, 0.1) is 0 Å². The molecule has 1 atom stereocenters. The molecule has 0 aromatic carbocycles. The number of rotatable bonds is 3. The standard InChI is InChI=1S/C13H20N4O/c1-17(2)12-10(7-5-9-15-12)16-13(18)11-6-3-4-8-14-11/h5,7,9,11,14H,3-4,6,8H2,1-2H3,(H,16,18)/t11-/m0/s1. The van der Waals surface area contributed by atoms with Gasteiger partial charge in [0.05, 0.1) is 11.7 Å². The summed E-state index contributed by atoms with van der Waals surface area (Å²) in [4.78, 5) is 18.3. The van der Waals surface area contributed by atoms with Crippen molar-refractivity contribution in [2.24, 2.45) is 0 Å². The fourth-order valence-corrected chi connectivity index (χ4v) is 2.15. The molecule has 0 aliphatic carbocycles. The molecule has 1 aromatic heterocycles. The van der Waals surface area contributed by atoms with Gasteiger partial charge in [0.1, 0.15) is 0 Å². The first kappa shape index (κ1) is 12.8. The molecule has 18 heavy (non-hydrogen) atoms. The fraction of sp³-hybridized carbons (Fsp3) is 0.538. The summed E-state index contributed by atoms with van der Waals surface area (Å²) >= 11 is 0. The van der Waals surface area contributed by atoms with Crippen molar-refractivity contribution in [1.82, 2.24) is 10.3 Å². The van der Waals surface area contributed by atoms with Crippen molar-refractivity contribution in [2.75, 3.05) is 30.9 Å². The molecule has 0 unspecified atom stereocenters. The molecule has 1 saturated heterocycles. The normalized spacial score (nSPS) is 19.3. The van der Waals surface area contributed by atoms with Crippen LogP contribution in [0.25, 0.3) is 0 Å². The molecule has 1 fully saturated rings. The number of nitrogens with zero attached hydrogens (tertiary/aromatic N) is 2. The summed E-state index contributed by atoms with van der Waals surface area (Å²) in [6, 6.07) is 3.63. The quantitative estimate of drug-likeness (QED) is 0.844. The van der Waals surface area contributed by atoms with Gasteiger partial charge in [-0.1, -0.05) is 6.42 Å². The summed E-state index contributed by atoms with van der Waals surface area (Å²) in [6.45, 7) is 0.922. The van der Waals surface area contributed by atoms with Crippen molar-refractivity contribution in [3.8, 4) is 0 Å². The Morgan fingerprint density at radius 2 is 2.33 bits per heavy atom. The molecule has 2 rings (SSSR count). The highest BCUT2D eigenvalue weighted by Crippen LogP contribution is 2.21. The number of carbonyl (C=O) groups excluding carboxylic acids is 1. The van der Waals surface area contributed by atoms with E-state index in [1.807, 2.05) is 31.1 Å². The lowest BCUT2D eigenvalue weighted by molar-refractivity contribution is -0.118. The minimum Gasteiger partial charge on any atom is -0.361 e. The summed E-state index contributed by atoms with van der Waals surface area (Å²) in [6.07, 6.45) is 4.89. The third-order valence-electron chi connectivity index (χ3n) is 3.09. The summed E-state index contributed by atoms with van der Waals surface area (Å²) < 4.78 is 0. The van der Waals surface area contributed by atoms with Crippen LogP contribution in [0.5, 0.6) is 0 Å². The van der Waals surface area contributed by atoms with E-state index < -0.39 is 0 Å². The summed E-state index contributed by atoms with van der Waals surface area (Å²) in [5, 5.41) is 6.20. The van der Waals surface area contributed by atoms with Crippen LogP contribution >= 0.6 is 0 Å². The van der Waals surface area contributed by atoms with Crippen molar-refractivity contribution < 1.29 is 4.79 Å². The maximum absolute atomic E-state index is 12.1. The van der Waals surface area contributed by atoms with Gasteiger partial charge >= 0.3 is 0 Å². The Balaban J connectivity index is 2.06. The van der Waals surface area contributed by atoms with E-state index in [1.165, 1.54) is 0 Å². The predicted molar refractivity (Wildman–Crippen MR) is 72.8 cm³/mol. The van der Waals surface area contributed by atoms with E-state index in [4.69, 9.17) is 0 Å². The van der Waals surface area contributed by atoms with Gasteiger partial charge in [-0.3, -0.25) is 4.79 Å². The molecule has 1 amide bonds. The second-order valence-corrected chi connectivity index (χ2v) is 4.76. The lowest BCUT2D eigenvalue weighted by Crippen LogP contribution is -2.43. The van der Waals surface area contributed by atoms with Crippen LogP contribution < -0.4 is 15.5 Å². The topological polar surface area (TPSA) is 57.3 Å². The van der Waals surface area contributed by atoms with Gasteiger partial charge in [-0.15, -0.1) is 0 Å². The van der Waals surface area contributed by atoms with Gasteiger partial charge in [-0.25, -0.2) is 4.98 Å². The Morgan fingerprint density at radius 3 is 3.00 bits per heavy atom. The number of hydrogen-bond donors (Lipinski definition) is 2. The van der Waals surface area contributed by atoms with Gasteiger partial charge in [0.25, 0.3) is 0 Å². The second kappa shape index (κ2) is 5.82. The van der Waals surface area contributed by atoms with E-state index >= 15 is 0 Å². The number of piperidine rings is 1. The molecule has 0 bridgehead atoms. The first-order valence-electron chi connectivity index (χ1n) is 6.35. The highest BCUT2D eigenvalue weighted by atomic mass is 16.2. The molecule has 0 spiro atoms. The Morgan fingerprint density at radius 1 is 1.50 bits per heavy atom. The van der Waals surface area contributed by atoms with E-state index in [-0.39, 0.29) is 11.9 Å². The number of carbonyl (C=O) groups is 1. The lowest BCUT2D eigenvalue weighted by atomic mass is 10.0. The first-order chi connectivity index (χ1) is 8.68. The molecule has 0 radical (unpaired) electrons. The average molecular weight is 248 g/mol. The predicted octanol–water partition coefficient (Wildman–Crippen LogP) is 1.23. The zero-order chi connectivity index (χ0) is 13.0. The van der Waals surface area contributed by atoms with Gasteiger partial charge in [-0.05, 0) is 31.5 Å². The van der Waals surface area contributed by atoms with Gasteiger partial charge in [0.2, 0.25) is 5.91 Å².